The molecule has 8 heteroatoms. The second-order valence-corrected chi connectivity index (χ2v) is 5.03. The van der Waals surface area contributed by atoms with Crippen molar-refractivity contribution in [2.45, 2.75) is 10.1 Å². The lowest BCUT2D eigenvalue weighted by molar-refractivity contribution is 0.0690. The molecule has 0 saturated carbocycles. The van der Waals surface area contributed by atoms with Gasteiger partial charge in [-0.2, -0.15) is 4.68 Å². The van der Waals surface area contributed by atoms with Crippen molar-refractivity contribution in [3.05, 3.63) is 54.4 Å². The maximum absolute atomic E-state index is 10.9. The minimum Gasteiger partial charge on any atom is -0.477 e. The van der Waals surface area contributed by atoms with Crippen molar-refractivity contribution >= 4 is 17.7 Å². The van der Waals surface area contributed by atoms with E-state index in [1.165, 1.54) is 24.0 Å². The quantitative estimate of drug-likeness (QED) is 0.786. The molecule has 0 bridgehead atoms. The Balaban J connectivity index is 1.92. The molecule has 0 radical (unpaired) electrons. The summed E-state index contributed by atoms with van der Waals surface area (Å²) in [5.74, 6) is -1.07. The lowest BCUT2D eigenvalue weighted by Crippen LogP contribution is -2.00. The van der Waals surface area contributed by atoms with E-state index in [1.807, 2.05) is 30.3 Å². The van der Waals surface area contributed by atoms with Gasteiger partial charge in [0.05, 0.1) is 5.69 Å². The Hall–Kier alpha value is -2.74. The first-order valence-corrected chi connectivity index (χ1v) is 6.77. The summed E-state index contributed by atoms with van der Waals surface area (Å²) in [5, 5.41) is 21.1. The van der Waals surface area contributed by atoms with E-state index < -0.39 is 5.97 Å². The Labute approximate surface area is 123 Å². The van der Waals surface area contributed by atoms with E-state index in [1.54, 1.807) is 10.7 Å². The van der Waals surface area contributed by atoms with Gasteiger partial charge in [0.15, 0.2) is 0 Å². The van der Waals surface area contributed by atoms with Gasteiger partial charge in [-0.25, -0.2) is 9.78 Å². The highest BCUT2D eigenvalue weighted by molar-refractivity contribution is 7.99. The Kier molecular flexibility index (Phi) is 3.61. The Bertz CT molecular complexity index is 775. The molecule has 0 saturated heterocycles. The fourth-order valence-corrected chi connectivity index (χ4v) is 2.49. The highest BCUT2D eigenvalue weighted by Crippen LogP contribution is 2.26. The smallest absolute Gasteiger partial charge is 0.354 e. The normalized spacial score (nSPS) is 10.5. The van der Waals surface area contributed by atoms with Gasteiger partial charge in [-0.1, -0.05) is 18.2 Å². The van der Waals surface area contributed by atoms with Gasteiger partial charge >= 0.3 is 5.97 Å². The number of carboxylic acid groups (broad SMARTS) is 1. The molecule has 0 fully saturated rings. The summed E-state index contributed by atoms with van der Waals surface area (Å²) in [6.45, 7) is 0. The molecule has 1 N–H and O–H groups in total. The van der Waals surface area contributed by atoms with Crippen molar-refractivity contribution in [2.75, 3.05) is 0 Å². The molecule has 7 nitrogen and oxygen atoms in total. The van der Waals surface area contributed by atoms with Crippen LogP contribution in [-0.2, 0) is 0 Å². The third-order valence-corrected chi connectivity index (χ3v) is 3.53. The van der Waals surface area contributed by atoms with Crippen molar-refractivity contribution in [3.8, 4) is 5.69 Å². The molecule has 0 amide bonds. The van der Waals surface area contributed by atoms with Crippen molar-refractivity contribution in [1.29, 1.82) is 0 Å². The van der Waals surface area contributed by atoms with Crippen LogP contribution in [0.25, 0.3) is 5.69 Å². The van der Waals surface area contributed by atoms with Crippen molar-refractivity contribution in [1.82, 2.24) is 25.2 Å². The summed E-state index contributed by atoms with van der Waals surface area (Å²) >= 11 is 1.27. The number of hydrogen-bond acceptors (Lipinski definition) is 6. The first-order chi connectivity index (χ1) is 10.2. The maximum atomic E-state index is 10.9. The van der Waals surface area contributed by atoms with Crippen LogP contribution in [0.15, 0.2) is 58.7 Å². The second-order valence-electron chi connectivity index (χ2n) is 3.99. The summed E-state index contributed by atoms with van der Waals surface area (Å²) in [4.78, 5) is 15.4. The molecule has 0 spiro atoms. The van der Waals surface area contributed by atoms with Gasteiger partial charge in [-0.05, 0) is 46.5 Å². The van der Waals surface area contributed by atoms with Crippen LogP contribution in [0.2, 0.25) is 0 Å². The van der Waals surface area contributed by atoms with E-state index in [9.17, 15) is 4.79 Å². The lowest BCUT2D eigenvalue weighted by atomic mass is 10.3. The minimum atomic E-state index is -1.07. The van der Waals surface area contributed by atoms with E-state index in [0.29, 0.717) is 10.1 Å². The van der Waals surface area contributed by atoms with Crippen LogP contribution in [0, 0.1) is 0 Å². The molecule has 0 aliphatic rings. The summed E-state index contributed by atoms with van der Waals surface area (Å²) in [6.07, 6.45) is 1.45. The number of carboxylic acids is 1. The molecule has 3 aromatic rings. The zero-order valence-electron chi connectivity index (χ0n) is 10.6. The van der Waals surface area contributed by atoms with Crippen LogP contribution in [0.5, 0.6) is 0 Å². The van der Waals surface area contributed by atoms with Crippen LogP contribution in [0.4, 0.5) is 0 Å². The highest BCUT2D eigenvalue weighted by Gasteiger charge is 2.12. The van der Waals surface area contributed by atoms with Crippen molar-refractivity contribution in [3.63, 3.8) is 0 Å². The number of aromatic nitrogens is 5. The maximum Gasteiger partial charge on any atom is 0.354 e. The van der Waals surface area contributed by atoms with Gasteiger partial charge in [0.1, 0.15) is 5.69 Å². The van der Waals surface area contributed by atoms with Crippen molar-refractivity contribution < 1.29 is 9.90 Å². The monoisotopic (exact) mass is 299 g/mol. The second kappa shape index (κ2) is 5.71. The number of pyridine rings is 1. The number of nitrogens with zero attached hydrogens (tertiary/aromatic N) is 5. The van der Waals surface area contributed by atoms with Crippen molar-refractivity contribution in [2.24, 2.45) is 0 Å². The molecule has 3 rings (SSSR count). The van der Waals surface area contributed by atoms with E-state index in [-0.39, 0.29) is 5.69 Å². The van der Waals surface area contributed by atoms with Gasteiger partial charge in [-0.15, -0.1) is 5.10 Å². The molecule has 0 aliphatic heterocycles. The number of benzene rings is 1. The lowest BCUT2D eigenvalue weighted by Gasteiger charge is -2.04. The van der Waals surface area contributed by atoms with Crippen LogP contribution < -0.4 is 0 Å². The Morgan fingerprint density at radius 2 is 2.00 bits per heavy atom. The summed E-state index contributed by atoms with van der Waals surface area (Å²) in [7, 11) is 0. The third kappa shape index (κ3) is 2.90. The number of carbonyl (C=O) groups is 1. The summed E-state index contributed by atoms with van der Waals surface area (Å²) in [6, 6.07) is 12.6. The first-order valence-electron chi connectivity index (χ1n) is 5.95. The third-order valence-electron chi connectivity index (χ3n) is 2.60. The molecule has 0 aliphatic carbocycles. The standard InChI is InChI=1S/C13H9N5O2S/c19-12(20)11-8-10(6-7-14-11)21-13-15-16-17-18(13)9-4-2-1-3-5-9/h1-8H,(H,19,20). The van der Waals surface area contributed by atoms with E-state index in [2.05, 4.69) is 20.5 Å². The zero-order valence-corrected chi connectivity index (χ0v) is 11.4. The number of aromatic carboxylic acids is 1. The molecular weight excluding hydrogens is 290 g/mol. The SMILES string of the molecule is O=C(O)c1cc(Sc2nnnn2-c2ccccc2)ccn1. The van der Waals surface area contributed by atoms with Gasteiger partial charge in [-0.3, -0.25) is 0 Å². The molecule has 2 heterocycles. The molecule has 21 heavy (non-hydrogen) atoms. The summed E-state index contributed by atoms with van der Waals surface area (Å²) < 4.78 is 1.59. The average Bonchev–Trinajstić information content (AvgIpc) is 2.96. The van der Waals surface area contributed by atoms with E-state index in [0.717, 1.165) is 5.69 Å². The Morgan fingerprint density at radius 1 is 1.19 bits per heavy atom. The average molecular weight is 299 g/mol. The minimum absolute atomic E-state index is 0.0151. The number of rotatable bonds is 4. The molecule has 0 unspecified atom stereocenters. The molecule has 0 atom stereocenters. The van der Waals surface area contributed by atoms with Gasteiger partial charge < -0.3 is 5.11 Å². The fourth-order valence-electron chi connectivity index (χ4n) is 1.67. The largest absolute Gasteiger partial charge is 0.477 e. The van der Waals surface area contributed by atoms with Crippen LogP contribution in [0.3, 0.4) is 0 Å². The van der Waals surface area contributed by atoms with Crippen LogP contribution in [0.1, 0.15) is 10.5 Å². The van der Waals surface area contributed by atoms with Gasteiger partial charge in [0.2, 0.25) is 5.16 Å². The number of tetrazole rings is 1. The van der Waals surface area contributed by atoms with E-state index in [4.69, 9.17) is 5.11 Å². The molecule has 2 aromatic heterocycles. The number of hydrogen-bond donors (Lipinski definition) is 1. The highest BCUT2D eigenvalue weighted by atomic mass is 32.2. The number of para-hydroxylation sites is 1. The van der Waals surface area contributed by atoms with E-state index >= 15 is 0 Å². The predicted molar refractivity (Wildman–Crippen MR) is 74.5 cm³/mol. The topological polar surface area (TPSA) is 93.8 Å². The zero-order chi connectivity index (χ0) is 14.7. The summed E-state index contributed by atoms with van der Waals surface area (Å²) in [5.41, 5.74) is 0.816. The van der Waals surface area contributed by atoms with Gasteiger partial charge in [0.25, 0.3) is 0 Å². The molecule has 104 valence electrons. The fraction of sp³-hybridized carbons (Fsp3) is 0. The first kappa shape index (κ1) is 13.3. The van der Waals surface area contributed by atoms with Gasteiger partial charge in [0, 0.05) is 11.1 Å². The Morgan fingerprint density at radius 3 is 2.76 bits per heavy atom. The predicted octanol–water partition coefficient (Wildman–Crippen LogP) is 1.91. The molecular formula is C13H9N5O2S. The molecule has 1 aromatic carbocycles. The van der Waals surface area contributed by atoms with Crippen LogP contribution in [-0.4, -0.2) is 36.3 Å². The van der Waals surface area contributed by atoms with Crippen LogP contribution >= 0.6 is 11.8 Å².